The van der Waals surface area contributed by atoms with Gasteiger partial charge in [-0.25, -0.2) is 0 Å². The molecule has 0 saturated heterocycles. The van der Waals surface area contributed by atoms with E-state index in [9.17, 15) is 18.3 Å². The average molecular weight is 247 g/mol. The van der Waals surface area contributed by atoms with Crippen molar-refractivity contribution in [2.45, 2.75) is 25.6 Å². The molecule has 0 aliphatic rings. The molecule has 0 aliphatic heterocycles. The minimum absolute atomic E-state index is 0.405. The van der Waals surface area contributed by atoms with Gasteiger partial charge >= 0.3 is 6.18 Å². The van der Waals surface area contributed by atoms with Gasteiger partial charge in [0.05, 0.1) is 11.7 Å². The number of hydrogen-bond donors (Lipinski definition) is 1. The Balaban J connectivity index is 2.74. The highest BCUT2D eigenvalue weighted by molar-refractivity contribution is 5.47. The van der Waals surface area contributed by atoms with Crippen LogP contribution >= 0.6 is 0 Å². The van der Waals surface area contributed by atoms with Gasteiger partial charge in [-0.15, -0.1) is 0 Å². The molecule has 0 fully saturated rings. The summed E-state index contributed by atoms with van der Waals surface area (Å²) in [6.45, 7) is 2.26. The van der Waals surface area contributed by atoms with Gasteiger partial charge in [-0.2, -0.15) is 13.2 Å². The Hall–Kier alpha value is -1.23. The van der Waals surface area contributed by atoms with E-state index in [1.54, 1.807) is 11.9 Å². The number of alkyl halides is 3. The normalized spacial score (nSPS) is 13.5. The molecule has 17 heavy (non-hydrogen) atoms. The summed E-state index contributed by atoms with van der Waals surface area (Å²) in [5.41, 5.74) is -0.00353. The van der Waals surface area contributed by atoms with Gasteiger partial charge in [0.25, 0.3) is 0 Å². The van der Waals surface area contributed by atoms with E-state index in [1.165, 1.54) is 12.1 Å². The fourth-order valence-electron chi connectivity index (χ4n) is 1.46. The number of rotatable bonds is 4. The first kappa shape index (κ1) is 13.8. The second-order valence-electron chi connectivity index (χ2n) is 3.99. The van der Waals surface area contributed by atoms with Crippen LogP contribution in [0.25, 0.3) is 0 Å². The zero-order valence-electron chi connectivity index (χ0n) is 9.83. The number of aliphatic hydroxyl groups is 1. The van der Waals surface area contributed by atoms with Crippen LogP contribution in [0.3, 0.4) is 0 Å². The number of anilines is 1. The summed E-state index contributed by atoms with van der Waals surface area (Å²) >= 11 is 0. The number of aliphatic hydroxyl groups excluding tert-OH is 1. The zero-order chi connectivity index (χ0) is 13.1. The number of hydrogen-bond acceptors (Lipinski definition) is 2. The van der Waals surface area contributed by atoms with Gasteiger partial charge in [0.1, 0.15) is 0 Å². The smallest absolute Gasteiger partial charge is 0.391 e. The number of nitrogens with zero attached hydrogens (tertiary/aromatic N) is 1. The fourth-order valence-corrected chi connectivity index (χ4v) is 1.46. The first-order valence-electron chi connectivity index (χ1n) is 5.41. The minimum Gasteiger partial charge on any atom is -0.391 e. The maximum absolute atomic E-state index is 12.3. The van der Waals surface area contributed by atoms with Crippen LogP contribution in [0.2, 0.25) is 0 Å². The molecule has 5 heteroatoms. The highest BCUT2D eigenvalue weighted by Crippen LogP contribution is 2.30. The van der Waals surface area contributed by atoms with Crippen LogP contribution in [0.1, 0.15) is 18.9 Å². The van der Waals surface area contributed by atoms with Gasteiger partial charge < -0.3 is 10.0 Å². The summed E-state index contributed by atoms with van der Waals surface area (Å²) < 4.78 is 37.0. The van der Waals surface area contributed by atoms with Crippen molar-refractivity contribution in [2.75, 3.05) is 18.5 Å². The summed E-state index contributed by atoms with van der Waals surface area (Å²) in [4.78, 5) is 1.73. The van der Waals surface area contributed by atoms with E-state index in [2.05, 4.69) is 0 Å². The molecular formula is C12H16F3NO. The molecule has 1 unspecified atom stereocenters. The van der Waals surface area contributed by atoms with E-state index in [4.69, 9.17) is 0 Å². The molecule has 0 heterocycles. The molecule has 1 aromatic carbocycles. The molecule has 96 valence electrons. The van der Waals surface area contributed by atoms with Crippen molar-refractivity contribution in [2.24, 2.45) is 0 Å². The maximum atomic E-state index is 12.3. The van der Waals surface area contributed by atoms with Gasteiger partial charge in [-0.05, 0) is 30.7 Å². The topological polar surface area (TPSA) is 23.5 Å². The number of halogens is 3. The zero-order valence-corrected chi connectivity index (χ0v) is 9.83. The molecule has 0 aliphatic carbocycles. The third-order valence-corrected chi connectivity index (χ3v) is 2.59. The summed E-state index contributed by atoms with van der Waals surface area (Å²) in [5, 5.41) is 9.45. The van der Waals surface area contributed by atoms with Crippen LogP contribution in [0.4, 0.5) is 18.9 Å². The predicted molar refractivity (Wildman–Crippen MR) is 61.0 cm³/mol. The second-order valence-corrected chi connectivity index (χ2v) is 3.99. The van der Waals surface area contributed by atoms with Crippen molar-refractivity contribution < 1.29 is 18.3 Å². The molecular weight excluding hydrogens is 231 g/mol. The van der Waals surface area contributed by atoms with E-state index in [1.807, 2.05) is 6.92 Å². The van der Waals surface area contributed by atoms with Gasteiger partial charge in [-0.1, -0.05) is 6.92 Å². The second kappa shape index (κ2) is 5.40. The van der Waals surface area contributed by atoms with Crippen LogP contribution in [0.5, 0.6) is 0 Å². The lowest BCUT2D eigenvalue weighted by atomic mass is 10.2. The van der Waals surface area contributed by atoms with Crippen LogP contribution in [0.15, 0.2) is 24.3 Å². The lowest BCUT2D eigenvalue weighted by Gasteiger charge is -2.22. The summed E-state index contributed by atoms with van der Waals surface area (Å²) in [6, 6.07) is 4.91. The minimum atomic E-state index is -4.31. The highest BCUT2D eigenvalue weighted by atomic mass is 19.4. The van der Waals surface area contributed by atoms with Crippen LogP contribution in [-0.4, -0.2) is 24.8 Å². The SMILES string of the molecule is CCC(O)CN(C)c1ccc(C(F)(F)F)cc1. The Morgan fingerprint density at radius 1 is 1.24 bits per heavy atom. The molecule has 1 atom stereocenters. The van der Waals surface area contributed by atoms with Crippen LogP contribution in [-0.2, 0) is 6.18 Å². The Labute approximate surface area is 98.7 Å². The maximum Gasteiger partial charge on any atom is 0.416 e. The number of benzene rings is 1. The monoisotopic (exact) mass is 247 g/mol. The average Bonchev–Trinajstić information content (AvgIpc) is 2.27. The van der Waals surface area contributed by atoms with Crippen molar-refractivity contribution in [3.63, 3.8) is 0 Å². The first-order chi connectivity index (χ1) is 7.84. The van der Waals surface area contributed by atoms with Crippen molar-refractivity contribution in [1.29, 1.82) is 0 Å². The Morgan fingerprint density at radius 2 is 1.76 bits per heavy atom. The molecule has 1 N–H and O–H groups in total. The van der Waals surface area contributed by atoms with Gasteiger partial charge in [0, 0.05) is 19.3 Å². The largest absolute Gasteiger partial charge is 0.416 e. The summed E-state index contributed by atoms with van der Waals surface area (Å²) in [7, 11) is 1.74. The lowest BCUT2D eigenvalue weighted by molar-refractivity contribution is -0.137. The van der Waals surface area contributed by atoms with Crippen molar-refractivity contribution in [3.05, 3.63) is 29.8 Å². The molecule has 0 saturated carbocycles. The molecule has 0 bridgehead atoms. The van der Waals surface area contributed by atoms with E-state index in [0.717, 1.165) is 12.1 Å². The van der Waals surface area contributed by atoms with Crippen LogP contribution in [0, 0.1) is 0 Å². The van der Waals surface area contributed by atoms with Crippen molar-refractivity contribution in [1.82, 2.24) is 0 Å². The summed E-state index contributed by atoms with van der Waals surface area (Å²) in [5.74, 6) is 0. The lowest BCUT2D eigenvalue weighted by Crippen LogP contribution is -2.28. The van der Waals surface area contributed by atoms with Gasteiger partial charge in [0.2, 0.25) is 0 Å². The molecule has 0 radical (unpaired) electrons. The van der Waals surface area contributed by atoms with Crippen LogP contribution < -0.4 is 4.90 Å². The Kier molecular flexibility index (Phi) is 4.40. The quantitative estimate of drug-likeness (QED) is 0.884. The standard InChI is InChI=1S/C12H16F3NO/c1-3-11(17)8-16(2)10-6-4-9(5-7-10)12(13,14)15/h4-7,11,17H,3,8H2,1-2H3. The third-order valence-electron chi connectivity index (χ3n) is 2.59. The first-order valence-corrected chi connectivity index (χ1v) is 5.41. The van der Waals surface area contributed by atoms with E-state index in [-0.39, 0.29) is 0 Å². The van der Waals surface area contributed by atoms with Crippen molar-refractivity contribution in [3.8, 4) is 0 Å². The molecule has 0 amide bonds. The van der Waals surface area contributed by atoms with E-state index >= 15 is 0 Å². The Morgan fingerprint density at radius 3 is 2.18 bits per heavy atom. The van der Waals surface area contributed by atoms with Gasteiger partial charge in [0.15, 0.2) is 0 Å². The molecule has 2 nitrogen and oxygen atoms in total. The fraction of sp³-hybridized carbons (Fsp3) is 0.500. The summed E-state index contributed by atoms with van der Waals surface area (Å²) in [6.07, 6.45) is -4.16. The van der Waals surface area contributed by atoms with E-state index < -0.39 is 17.8 Å². The Bertz CT molecular complexity index is 348. The predicted octanol–water partition coefficient (Wildman–Crippen LogP) is 2.91. The molecule has 1 aromatic rings. The molecule has 0 spiro atoms. The van der Waals surface area contributed by atoms with Crippen molar-refractivity contribution >= 4 is 5.69 Å². The van der Waals surface area contributed by atoms with E-state index in [0.29, 0.717) is 18.7 Å². The molecule has 1 rings (SSSR count). The molecule has 0 aromatic heterocycles. The number of likely N-dealkylation sites (N-methyl/N-ethyl adjacent to an activating group) is 1. The van der Waals surface area contributed by atoms with Gasteiger partial charge in [-0.3, -0.25) is 0 Å². The third kappa shape index (κ3) is 3.93. The highest BCUT2D eigenvalue weighted by Gasteiger charge is 2.30.